The van der Waals surface area contributed by atoms with Gasteiger partial charge in [0.05, 0.1) is 17.1 Å². The van der Waals surface area contributed by atoms with E-state index < -0.39 is 10.8 Å². The second-order valence-electron chi connectivity index (χ2n) is 7.37. The van der Waals surface area contributed by atoms with E-state index >= 15 is 0 Å². The molecule has 0 spiro atoms. The molecule has 0 radical (unpaired) electrons. The maximum absolute atomic E-state index is 13.1. The number of rotatable bonds is 3. The largest absolute Gasteiger partial charge is 0.493 e. The Morgan fingerprint density at radius 2 is 2.03 bits per heavy atom. The van der Waals surface area contributed by atoms with Crippen molar-refractivity contribution in [3.63, 3.8) is 0 Å². The molecule has 1 N–H and O–H groups in total. The van der Waals surface area contributed by atoms with E-state index in [9.17, 15) is 19.7 Å². The molecule has 4 rings (SSSR count). The summed E-state index contributed by atoms with van der Waals surface area (Å²) >= 11 is 5.81. The molecular formula is C21H20ClN3O5. The molecule has 8 nitrogen and oxygen atoms in total. The van der Waals surface area contributed by atoms with Crippen LogP contribution in [0.25, 0.3) is 0 Å². The lowest BCUT2D eigenvalue weighted by Crippen LogP contribution is -2.45. The van der Waals surface area contributed by atoms with Crippen molar-refractivity contribution in [3.05, 3.63) is 62.7 Å². The fraction of sp³-hybridized carbons (Fsp3) is 0.333. The highest BCUT2D eigenvalue weighted by atomic mass is 35.5. The third-order valence-electron chi connectivity index (χ3n) is 5.47. The van der Waals surface area contributed by atoms with Crippen LogP contribution in [0.1, 0.15) is 46.4 Å². The minimum Gasteiger partial charge on any atom is -0.493 e. The Morgan fingerprint density at radius 3 is 2.83 bits per heavy atom. The highest BCUT2D eigenvalue weighted by Gasteiger charge is 2.31. The summed E-state index contributed by atoms with van der Waals surface area (Å²) in [4.78, 5) is 38.0. The van der Waals surface area contributed by atoms with E-state index in [0.29, 0.717) is 30.2 Å². The first-order valence-electron chi connectivity index (χ1n) is 9.77. The number of nitrogens with zero attached hydrogens (tertiary/aromatic N) is 2. The molecule has 2 amide bonds. The quantitative estimate of drug-likeness (QED) is 0.579. The number of fused-ring (bicyclic) bond motifs is 2. The maximum atomic E-state index is 13.1. The van der Waals surface area contributed by atoms with Crippen molar-refractivity contribution >= 4 is 34.8 Å². The number of hydrogen-bond donors (Lipinski definition) is 1. The molecule has 2 aliphatic rings. The number of carbonyl (C=O) groups is 2. The molecule has 2 aromatic rings. The van der Waals surface area contributed by atoms with Crippen LogP contribution in [-0.2, 0) is 0 Å². The van der Waals surface area contributed by atoms with Gasteiger partial charge in [0.25, 0.3) is 17.5 Å². The molecule has 156 valence electrons. The van der Waals surface area contributed by atoms with Crippen LogP contribution in [0, 0.1) is 10.1 Å². The summed E-state index contributed by atoms with van der Waals surface area (Å²) in [5, 5.41) is 13.7. The van der Waals surface area contributed by atoms with Crippen molar-refractivity contribution in [3.8, 4) is 5.75 Å². The average molecular weight is 430 g/mol. The first kappa shape index (κ1) is 20.2. The predicted octanol–water partition coefficient (Wildman–Crippen LogP) is 4.28. The number of carbonyl (C=O) groups excluding carboxylic acids is 2. The number of nitro benzene ring substituents is 1. The fourth-order valence-corrected chi connectivity index (χ4v) is 4.11. The van der Waals surface area contributed by atoms with Gasteiger partial charge >= 0.3 is 0 Å². The first-order chi connectivity index (χ1) is 14.4. The monoisotopic (exact) mass is 429 g/mol. The summed E-state index contributed by atoms with van der Waals surface area (Å²) in [6.07, 6.45) is 3.85. The molecule has 2 aromatic carbocycles. The second-order valence-corrected chi connectivity index (χ2v) is 7.78. The minimum atomic E-state index is -0.643. The number of hydrogen-bond acceptors (Lipinski definition) is 5. The van der Waals surface area contributed by atoms with Gasteiger partial charge in [-0.25, -0.2) is 0 Å². The number of ether oxygens (including phenoxy) is 1. The minimum absolute atomic E-state index is 0.0449. The van der Waals surface area contributed by atoms with Crippen LogP contribution in [0.5, 0.6) is 5.75 Å². The lowest BCUT2D eigenvalue weighted by atomic mass is 9.97. The van der Waals surface area contributed by atoms with Crippen LogP contribution in [0.15, 0.2) is 36.4 Å². The summed E-state index contributed by atoms with van der Waals surface area (Å²) in [6, 6.07) is 8.91. The molecule has 0 saturated carbocycles. The molecule has 0 aromatic heterocycles. The Morgan fingerprint density at radius 1 is 1.20 bits per heavy atom. The topological polar surface area (TPSA) is 102 Å². The van der Waals surface area contributed by atoms with E-state index in [1.807, 2.05) is 4.90 Å². The Kier molecular flexibility index (Phi) is 5.59. The molecule has 0 aliphatic carbocycles. The summed E-state index contributed by atoms with van der Waals surface area (Å²) < 4.78 is 5.80. The van der Waals surface area contributed by atoms with Gasteiger partial charge in [0.1, 0.15) is 10.8 Å². The van der Waals surface area contributed by atoms with Crippen molar-refractivity contribution in [2.75, 3.05) is 18.5 Å². The van der Waals surface area contributed by atoms with Gasteiger partial charge in [-0.2, -0.15) is 0 Å². The first-order valence-corrected chi connectivity index (χ1v) is 10.1. The predicted molar refractivity (Wildman–Crippen MR) is 111 cm³/mol. The van der Waals surface area contributed by atoms with Gasteiger partial charge < -0.3 is 15.0 Å². The fourth-order valence-electron chi connectivity index (χ4n) is 3.93. The van der Waals surface area contributed by atoms with Crippen molar-refractivity contribution in [2.24, 2.45) is 0 Å². The zero-order valence-corrected chi connectivity index (χ0v) is 16.9. The van der Waals surface area contributed by atoms with Crippen molar-refractivity contribution < 1.29 is 19.2 Å². The van der Waals surface area contributed by atoms with Crippen LogP contribution in [-0.4, -0.2) is 40.8 Å². The number of halogens is 1. The van der Waals surface area contributed by atoms with Crippen molar-refractivity contribution in [1.82, 2.24) is 4.90 Å². The maximum Gasteiger partial charge on any atom is 0.288 e. The van der Waals surface area contributed by atoms with Crippen molar-refractivity contribution in [2.45, 2.75) is 31.7 Å². The Balaban J connectivity index is 1.59. The molecule has 2 heterocycles. The summed E-state index contributed by atoms with van der Waals surface area (Å²) in [6.45, 7) is 1.25. The van der Waals surface area contributed by atoms with Crippen LogP contribution in [0.4, 0.5) is 11.4 Å². The summed E-state index contributed by atoms with van der Waals surface area (Å²) in [5.74, 6) is -0.151. The Bertz CT molecular complexity index is 1030. The lowest BCUT2D eigenvalue weighted by molar-refractivity contribution is -0.384. The van der Waals surface area contributed by atoms with Gasteiger partial charge in [0.15, 0.2) is 0 Å². The van der Waals surface area contributed by atoms with Gasteiger partial charge in [-0.15, -0.1) is 0 Å². The zero-order valence-electron chi connectivity index (χ0n) is 16.1. The van der Waals surface area contributed by atoms with Gasteiger partial charge in [0.2, 0.25) is 0 Å². The number of benzene rings is 2. The molecule has 1 atom stereocenters. The van der Waals surface area contributed by atoms with E-state index in [2.05, 4.69) is 5.32 Å². The second kappa shape index (κ2) is 8.31. The molecule has 2 aliphatic heterocycles. The third kappa shape index (κ3) is 3.95. The third-order valence-corrected chi connectivity index (χ3v) is 5.79. The summed E-state index contributed by atoms with van der Waals surface area (Å²) in [7, 11) is 0. The van der Waals surface area contributed by atoms with Crippen molar-refractivity contribution in [1.29, 1.82) is 0 Å². The number of nitrogens with one attached hydrogen (secondary N) is 1. The van der Waals surface area contributed by atoms with Crippen LogP contribution < -0.4 is 10.1 Å². The zero-order chi connectivity index (χ0) is 21.3. The highest BCUT2D eigenvalue weighted by molar-refractivity contribution is 6.32. The summed E-state index contributed by atoms with van der Waals surface area (Å²) in [5.41, 5.74) is 0.558. The van der Waals surface area contributed by atoms with Gasteiger partial charge in [-0.05, 0) is 49.6 Å². The Hall–Kier alpha value is -3.13. The SMILES string of the molecule is O=C(Nc1ccc2c(c1)C(=O)N1CCCCC1CCO2)c1ccc(Cl)c([N+](=O)[O-])c1. The Labute approximate surface area is 177 Å². The molecule has 1 unspecified atom stereocenters. The van der Waals surface area contributed by atoms with E-state index in [4.69, 9.17) is 16.3 Å². The molecule has 1 saturated heterocycles. The lowest BCUT2D eigenvalue weighted by Gasteiger charge is -2.37. The van der Waals surface area contributed by atoms with Gasteiger partial charge in [0, 0.05) is 36.3 Å². The van der Waals surface area contributed by atoms with Crippen LogP contribution >= 0.6 is 11.6 Å². The number of nitro groups is 1. The van der Waals surface area contributed by atoms with Crippen LogP contribution in [0.2, 0.25) is 5.02 Å². The smallest absolute Gasteiger partial charge is 0.288 e. The van der Waals surface area contributed by atoms with E-state index in [1.54, 1.807) is 18.2 Å². The normalized spacial score (nSPS) is 18.4. The number of piperidine rings is 1. The standard InChI is InChI=1S/C21H20ClN3O5/c22-17-6-4-13(11-18(17)25(28)29)20(26)23-14-5-7-19-16(12-14)21(27)24-9-2-1-3-15(24)8-10-30-19/h4-7,11-12,15H,1-3,8-10H2,(H,23,26). The molecule has 0 bridgehead atoms. The highest BCUT2D eigenvalue weighted by Crippen LogP contribution is 2.31. The number of anilines is 1. The molecular weight excluding hydrogens is 410 g/mol. The molecule has 1 fully saturated rings. The van der Waals surface area contributed by atoms with E-state index in [-0.39, 0.29) is 28.2 Å². The van der Waals surface area contributed by atoms with Gasteiger partial charge in [-0.3, -0.25) is 19.7 Å². The van der Waals surface area contributed by atoms with Crippen LogP contribution in [0.3, 0.4) is 0 Å². The van der Waals surface area contributed by atoms with E-state index in [0.717, 1.165) is 31.7 Å². The van der Waals surface area contributed by atoms with E-state index in [1.165, 1.54) is 12.1 Å². The van der Waals surface area contributed by atoms with Gasteiger partial charge in [-0.1, -0.05) is 11.6 Å². The number of amides is 2. The molecule has 9 heteroatoms. The average Bonchev–Trinajstić information content (AvgIpc) is 2.73. The molecule has 30 heavy (non-hydrogen) atoms.